The largest absolute Gasteiger partial charge is 0.392 e. The predicted octanol–water partition coefficient (Wildman–Crippen LogP) is 2.64. The second-order valence-corrected chi connectivity index (χ2v) is 10.9. The number of amides is 2. The van der Waals surface area contributed by atoms with Crippen LogP contribution in [0.5, 0.6) is 0 Å². The summed E-state index contributed by atoms with van der Waals surface area (Å²) in [5.41, 5.74) is 1.08. The van der Waals surface area contributed by atoms with Gasteiger partial charge in [-0.1, -0.05) is 20.8 Å². The van der Waals surface area contributed by atoms with Gasteiger partial charge in [-0.25, -0.2) is 9.97 Å². The molecule has 2 heterocycles. The van der Waals surface area contributed by atoms with E-state index in [0.717, 1.165) is 29.8 Å². The van der Waals surface area contributed by atoms with Gasteiger partial charge in [0.25, 0.3) is 5.91 Å². The Kier molecular flexibility index (Phi) is 7.30. The zero-order valence-electron chi connectivity index (χ0n) is 20.1. The molecule has 4 rings (SSSR count). The van der Waals surface area contributed by atoms with Crippen molar-refractivity contribution in [1.29, 1.82) is 0 Å². The maximum atomic E-state index is 12.7. The van der Waals surface area contributed by atoms with Crippen LogP contribution in [-0.4, -0.2) is 58.2 Å². The Morgan fingerprint density at radius 1 is 1.38 bits per heavy atom. The Hall–Kier alpha value is -2.43. The van der Waals surface area contributed by atoms with Crippen molar-refractivity contribution >= 4 is 28.3 Å². The molecule has 2 aliphatic rings. The molecule has 34 heavy (non-hydrogen) atoms. The lowest BCUT2D eigenvalue weighted by Gasteiger charge is -2.53. The van der Waals surface area contributed by atoms with Gasteiger partial charge in [0.15, 0.2) is 5.13 Å². The first-order valence-electron chi connectivity index (χ1n) is 11.8. The number of nitrogens with one attached hydrogen (secondary N) is 2. The average Bonchev–Trinajstić information content (AvgIpc) is 3.21. The summed E-state index contributed by atoms with van der Waals surface area (Å²) in [6, 6.07) is 0. The van der Waals surface area contributed by atoms with E-state index in [1.165, 1.54) is 29.9 Å². The highest BCUT2D eigenvalue weighted by atomic mass is 32.1. The number of carbonyl (C=O) groups excluding carboxylic acids is 2. The van der Waals surface area contributed by atoms with E-state index in [2.05, 4.69) is 34.4 Å². The fourth-order valence-corrected chi connectivity index (χ4v) is 7.07. The van der Waals surface area contributed by atoms with Crippen LogP contribution >= 0.6 is 11.3 Å². The molecule has 2 aromatic heterocycles. The number of anilines is 1. The summed E-state index contributed by atoms with van der Waals surface area (Å²) in [6.07, 6.45) is 6.34. The van der Waals surface area contributed by atoms with E-state index in [4.69, 9.17) is 9.72 Å². The molecule has 1 saturated carbocycles. The second-order valence-electron chi connectivity index (χ2n) is 9.78. The van der Waals surface area contributed by atoms with Crippen LogP contribution in [-0.2, 0) is 16.0 Å². The molecule has 6 unspecified atom stereocenters. The van der Waals surface area contributed by atoms with Gasteiger partial charge in [0.05, 0.1) is 24.6 Å². The smallest absolute Gasteiger partial charge is 0.277 e. The van der Waals surface area contributed by atoms with E-state index in [1.807, 2.05) is 6.92 Å². The van der Waals surface area contributed by atoms with Crippen LogP contribution in [0.3, 0.4) is 0 Å². The lowest BCUT2D eigenvalue weighted by atomic mass is 9.53. The van der Waals surface area contributed by atoms with Crippen molar-refractivity contribution in [3.63, 3.8) is 0 Å². The van der Waals surface area contributed by atoms with Crippen molar-refractivity contribution in [2.24, 2.45) is 23.2 Å². The minimum atomic E-state index is -0.607. The van der Waals surface area contributed by atoms with Gasteiger partial charge < -0.3 is 15.2 Å². The van der Waals surface area contributed by atoms with Crippen LogP contribution in [0.2, 0.25) is 0 Å². The van der Waals surface area contributed by atoms with Crippen molar-refractivity contribution in [2.75, 3.05) is 25.6 Å². The Balaban J connectivity index is 1.51. The minimum absolute atomic E-state index is 0.00808. The number of carbonyl (C=O) groups is 2. The van der Waals surface area contributed by atoms with Gasteiger partial charge in [0, 0.05) is 42.8 Å². The van der Waals surface area contributed by atoms with Gasteiger partial charge in [0.2, 0.25) is 5.91 Å². The van der Waals surface area contributed by atoms with Gasteiger partial charge in [-0.2, -0.15) is 0 Å². The molecular formula is C24H33N5O4S. The SMILES string of the molecule is COCCNC(=O)C(C)C1CCC2(C)Cc3sc(NC(=O)c4cnccn4)nc3C(C)C2C1O. The summed E-state index contributed by atoms with van der Waals surface area (Å²) < 4.78 is 5.02. The lowest BCUT2D eigenvalue weighted by Crippen LogP contribution is -2.53. The molecule has 2 aliphatic carbocycles. The molecule has 6 atom stereocenters. The summed E-state index contributed by atoms with van der Waals surface area (Å²) in [5.74, 6) is -0.797. The molecule has 2 amide bonds. The molecule has 2 aromatic rings. The molecule has 0 aliphatic heterocycles. The van der Waals surface area contributed by atoms with Crippen molar-refractivity contribution in [3.8, 4) is 0 Å². The Labute approximate surface area is 203 Å². The van der Waals surface area contributed by atoms with E-state index in [9.17, 15) is 14.7 Å². The lowest BCUT2D eigenvalue weighted by molar-refractivity contribution is -0.135. The summed E-state index contributed by atoms with van der Waals surface area (Å²) in [4.78, 5) is 39.1. The predicted molar refractivity (Wildman–Crippen MR) is 129 cm³/mol. The summed E-state index contributed by atoms with van der Waals surface area (Å²) in [6.45, 7) is 7.17. The molecule has 0 radical (unpaired) electrons. The van der Waals surface area contributed by atoms with Gasteiger partial charge in [0.1, 0.15) is 5.69 Å². The van der Waals surface area contributed by atoms with Crippen LogP contribution in [0.4, 0.5) is 5.13 Å². The highest BCUT2D eigenvalue weighted by Gasteiger charge is 2.53. The summed E-state index contributed by atoms with van der Waals surface area (Å²) in [7, 11) is 1.60. The topological polar surface area (TPSA) is 126 Å². The van der Waals surface area contributed by atoms with E-state index < -0.39 is 6.10 Å². The second kappa shape index (κ2) is 10.1. The van der Waals surface area contributed by atoms with Crippen LogP contribution < -0.4 is 10.6 Å². The van der Waals surface area contributed by atoms with Crippen LogP contribution in [0, 0.1) is 23.2 Å². The van der Waals surface area contributed by atoms with E-state index in [-0.39, 0.29) is 46.6 Å². The van der Waals surface area contributed by atoms with Crippen LogP contribution in [0.1, 0.15) is 60.6 Å². The molecule has 0 saturated heterocycles. The Morgan fingerprint density at radius 2 is 2.18 bits per heavy atom. The summed E-state index contributed by atoms with van der Waals surface area (Å²) in [5, 5.41) is 17.8. The molecule has 9 nitrogen and oxygen atoms in total. The zero-order valence-corrected chi connectivity index (χ0v) is 20.9. The first kappa shape index (κ1) is 24.7. The molecule has 10 heteroatoms. The van der Waals surface area contributed by atoms with E-state index in [0.29, 0.717) is 18.3 Å². The van der Waals surface area contributed by atoms with E-state index in [1.54, 1.807) is 7.11 Å². The van der Waals surface area contributed by atoms with E-state index >= 15 is 0 Å². The van der Waals surface area contributed by atoms with Crippen molar-refractivity contribution in [3.05, 3.63) is 34.9 Å². The van der Waals surface area contributed by atoms with Crippen molar-refractivity contribution in [1.82, 2.24) is 20.3 Å². The van der Waals surface area contributed by atoms with Gasteiger partial charge in [-0.05, 0) is 36.5 Å². The molecule has 0 spiro atoms. The monoisotopic (exact) mass is 487 g/mol. The van der Waals surface area contributed by atoms with Crippen molar-refractivity contribution < 1.29 is 19.4 Å². The number of nitrogens with zero attached hydrogens (tertiary/aromatic N) is 3. The Morgan fingerprint density at radius 3 is 2.88 bits per heavy atom. The molecular weight excluding hydrogens is 454 g/mol. The summed E-state index contributed by atoms with van der Waals surface area (Å²) >= 11 is 1.49. The van der Waals surface area contributed by atoms with Crippen molar-refractivity contribution in [2.45, 2.75) is 52.1 Å². The maximum absolute atomic E-state index is 12.7. The Bertz CT molecular complexity index is 1030. The molecule has 3 N–H and O–H groups in total. The third kappa shape index (κ3) is 4.71. The maximum Gasteiger partial charge on any atom is 0.277 e. The average molecular weight is 488 g/mol. The quantitative estimate of drug-likeness (QED) is 0.513. The number of hydrogen-bond acceptors (Lipinski definition) is 8. The number of aromatic nitrogens is 3. The number of methoxy groups -OCH3 is 1. The number of aliphatic hydroxyl groups is 1. The third-order valence-corrected chi connectivity index (χ3v) is 8.59. The minimum Gasteiger partial charge on any atom is -0.392 e. The highest BCUT2D eigenvalue weighted by Crippen LogP contribution is 2.57. The fraction of sp³-hybridized carbons (Fsp3) is 0.625. The molecule has 0 bridgehead atoms. The standard InChI is InChI=1S/C24H33N5O4S/c1-13(21(31)27-9-10-33-4)15-5-6-24(3)11-17-19(14(2)18(24)20(15)30)28-23(34-17)29-22(32)16-12-25-7-8-26-16/h7-8,12-15,18,20,30H,5-6,9-11H2,1-4H3,(H,27,31)(H,28,29,32). The number of aliphatic hydroxyl groups excluding tert-OH is 1. The van der Waals surface area contributed by atoms with Crippen LogP contribution in [0.15, 0.2) is 18.6 Å². The fourth-order valence-electron chi connectivity index (χ4n) is 5.81. The highest BCUT2D eigenvalue weighted by molar-refractivity contribution is 7.15. The van der Waals surface area contributed by atoms with Gasteiger partial charge in [-0.3, -0.25) is 19.9 Å². The number of hydrogen-bond donors (Lipinski definition) is 3. The normalized spacial score (nSPS) is 29.0. The number of ether oxygens (including phenoxy) is 1. The first-order chi connectivity index (χ1) is 16.2. The molecule has 184 valence electrons. The molecule has 1 fully saturated rings. The number of thiazole rings is 1. The first-order valence-corrected chi connectivity index (χ1v) is 12.6. The molecule has 0 aromatic carbocycles. The number of fused-ring (bicyclic) bond motifs is 2. The zero-order chi connectivity index (χ0) is 24.5. The van der Waals surface area contributed by atoms with Gasteiger partial charge in [-0.15, -0.1) is 11.3 Å². The third-order valence-electron chi connectivity index (χ3n) is 7.60. The van der Waals surface area contributed by atoms with Gasteiger partial charge >= 0.3 is 0 Å². The number of rotatable bonds is 7. The van der Waals surface area contributed by atoms with Crippen LogP contribution in [0.25, 0.3) is 0 Å².